The minimum Gasteiger partial charge on any atom is -0.454 e. The van der Waals surface area contributed by atoms with E-state index in [2.05, 4.69) is 10.3 Å². The second-order valence-corrected chi connectivity index (χ2v) is 10.7. The number of amides is 1. The number of carbonyl (C=O) groups excluding carboxylic acids is 2. The lowest BCUT2D eigenvalue weighted by Gasteiger charge is -2.13. The van der Waals surface area contributed by atoms with Gasteiger partial charge in [-0.05, 0) is 54.4 Å². The average molecular weight is 594 g/mol. The summed E-state index contributed by atoms with van der Waals surface area (Å²) in [7, 11) is 0. The van der Waals surface area contributed by atoms with Gasteiger partial charge in [-0.2, -0.15) is 0 Å². The van der Waals surface area contributed by atoms with Crippen molar-refractivity contribution < 1.29 is 28.5 Å². The number of Topliss-reactive ketones (excluding diaryl/α,β-unsaturated/α-hetero) is 1. The lowest BCUT2D eigenvalue weighted by molar-refractivity contribution is -0.121. The Morgan fingerprint density at radius 2 is 1.63 bits per heavy atom. The predicted molar refractivity (Wildman–Crippen MR) is 152 cm³/mol. The highest BCUT2D eigenvalue weighted by Crippen LogP contribution is 2.35. The summed E-state index contributed by atoms with van der Waals surface area (Å²) in [5.74, 6) is 2.11. The van der Waals surface area contributed by atoms with Gasteiger partial charge >= 0.3 is 0 Å². The fourth-order valence-corrected chi connectivity index (χ4v) is 5.53. The van der Waals surface area contributed by atoms with E-state index >= 15 is 0 Å². The van der Waals surface area contributed by atoms with Gasteiger partial charge in [-0.1, -0.05) is 29.4 Å². The van der Waals surface area contributed by atoms with Crippen LogP contribution in [0.25, 0.3) is 10.9 Å². The first kappa shape index (κ1) is 27.0. The van der Waals surface area contributed by atoms with Crippen LogP contribution in [0.15, 0.2) is 64.5 Å². The third kappa shape index (κ3) is 5.96. The summed E-state index contributed by atoms with van der Waals surface area (Å²) in [5.41, 5.74) is 1.56. The van der Waals surface area contributed by atoms with Crippen LogP contribution in [0.1, 0.15) is 28.8 Å². The molecule has 0 saturated carbocycles. The fourth-order valence-electron chi connectivity index (χ4n) is 4.48. The van der Waals surface area contributed by atoms with E-state index in [-0.39, 0.29) is 49.6 Å². The summed E-state index contributed by atoms with van der Waals surface area (Å²) in [4.78, 5) is 43.7. The van der Waals surface area contributed by atoms with Gasteiger partial charge in [-0.25, -0.2) is 4.98 Å². The van der Waals surface area contributed by atoms with Crippen LogP contribution in [-0.4, -0.2) is 40.6 Å². The van der Waals surface area contributed by atoms with E-state index in [1.807, 2.05) is 18.2 Å². The Kier molecular flexibility index (Phi) is 7.71. The number of benzene rings is 3. The summed E-state index contributed by atoms with van der Waals surface area (Å²) >= 11 is 7.11. The molecule has 0 bridgehead atoms. The number of ether oxygens (including phenoxy) is 4. The predicted octanol–water partition coefficient (Wildman–Crippen LogP) is 4.58. The van der Waals surface area contributed by atoms with Gasteiger partial charge in [0.25, 0.3) is 5.56 Å². The Hall–Kier alpha value is -4.22. The van der Waals surface area contributed by atoms with Crippen LogP contribution in [0, 0.1) is 0 Å². The van der Waals surface area contributed by atoms with Gasteiger partial charge in [0, 0.05) is 36.2 Å². The van der Waals surface area contributed by atoms with Crippen LogP contribution in [-0.2, 0) is 17.9 Å². The summed E-state index contributed by atoms with van der Waals surface area (Å²) in [6.45, 7) is 0.838. The van der Waals surface area contributed by atoms with Crippen LogP contribution in [0.3, 0.4) is 0 Å². The second kappa shape index (κ2) is 11.7. The molecule has 41 heavy (non-hydrogen) atoms. The minimum absolute atomic E-state index is 0.0679. The van der Waals surface area contributed by atoms with Gasteiger partial charge in [0.05, 0.1) is 16.7 Å². The Morgan fingerprint density at radius 1 is 0.927 bits per heavy atom. The number of thioether (sulfide) groups is 1. The molecule has 2 aliphatic heterocycles. The molecule has 0 saturated heterocycles. The second-order valence-electron chi connectivity index (χ2n) is 9.36. The molecule has 4 aromatic rings. The first-order chi connectivity index (χ1) is 19.9. The van der Waals surface area contributed by atoms with E-state index in [9.17, 15) is 14.4 Å². The van der Waals surface area contributed by atoms with Crippen LogP contribution >= 0.6 is 23.4 Å². The number of fused-ring (bicyclic) bond motifs is 3. The van der Waals surface area contributed by atoms with Gasteiger partial charge < -0.3 is 24.3 Å². The normalized spacial score (nSPS) is 13.0. The van der Waals surface area contributed by atoms with Crippen molar-refractivity contribution in [2.24, 2.45) is 0 Å². The highest BCUT2D eigenvalue weighted by molar-refractivity contribution is 7.99. The number of hydrogen-bond donors (Lipinski definition) is 1. The zero-order chi connectivity index (χ0) is 28.3. The molecule has 210 valence electrons. The smallest absolute Gasteiger partial charge is 0.262 e. The summed E-state index contributed by atoms with van der Waals surface area (Å²) in [5, 5.41) is 4.19. The lowest BCUT2D eigenvalue weighted by Crippen LogP contribution is -2.26. The third-order valence-electron chi connectivity index (χ3n) is 6.62. The molecule has 3 aromatic carbocycles. The van der Waals surface area contributed by atoms with Crippen LogP contribution in [0.4, 0.5) is 0 Å². The Labute approximate surface area is 243 Å². The average Bonchev–Trinajstić information content (AvgIpc) is 3.64. The number of carbonyl (C=O) groups is 2. The van der Waals surface area contributed by atoms with Crippen molar-refractivity contribution in [3.63, 3.8) is 0 Å². The van der Waals surface area contributed by atoms with Crippen LogP contribution < -0.4 is 29.8 Å². The van der Waals surface area contributed by atoms with Gasteiger partial charge in [0.2, 0.25) is 19.5 Å². The van der Waals surface area contributed by atoms with Crippen molar-refractivity contribution in [1.29, 1.82) is 0 Å². The Bertz CT molecular complexity index is 1710. The Morgan fingerprint density at radius 3 is 2.41 bits per heavy atom. The number of hydrogen-bond acceptors (Lipinski definition) is 9. The summed E-state index contributed by atoms with van der Waals surface area (Å²) < 4.78 is 23.1. The van der Waals surface area contributed by atoms with E-state index in [1.165, 1.54) is 16.3 Å². The molecule has 0 aliphatic carbocycles. The molecule has 12 heteroatoms. The topological polar surface area (TPSA) is 118 Å². The molecule has 3 heterocycles. The molecular weight excluding hydrogens is 570 g/mol. The van der Waals surface area contributed by atoms with Crippen molar-refractivity contribution in [2.45, 2.75) is 31.1 Å². The number of halogens is 1. The van der Waals surface area contributed by atoms with E-state index in [0.717, 1.165) is 5.56 Å². The van der Waals surface area contributed by atoms with E-state index < -0.39 is 0 Å². The zero-order valence-electron chi connectivity index (χ0n) is 21.7. The molecule has 1 N–H and O–H groups in total. The van der Waals surface area contributed by atoms with Crippen molar-refractivity contribution in [1.82, 2.24) is 14.9 Å². The van der Waals surface area contributed by atoms with E-state index in [0.29, 0.717) is 62.6 Å². The summed E-state index contributed by atoms with van der Waals surface area (Å²) in [6.07, 6.45) is 0.591. The Balaban J connectivity index is 1.16. The highest BCUT2D eigenvalue weighted by atomic mass is 35.5. The van der Waals surface area contributed by atoms with Crippen LogP contribution in [0.2, 0.25) is 5.02 Å². The van der Waals surface area contributed by atoms with Crippen molar-refractivity contribution in [3.8, 4) is 23.0 Å². The van der Waals surface area contributed by atoms with Crippen LogP contribution in [0.5, 0.6) is 23.0 Å². The summed E-state index contributed by atoms with van der Waals surface area (Å²) in [6, 6.07) is 15.4. The van der Waals surface area contributed by atoms with E-state index in [1.54, 1.807) is 36.4 Å². The standard InChI is InChI=1S/C29H24ClN3O7S/c30-19-6-4-18(5-7-19)22(34)14-41-29-32-21-12-26-25(39-16-40-26)11-20(21)28(36)33(29)9-1-2-27(35)31-13-17-3-8-23-24(10-17)38-15-37-23/h3-8,10-12H,1-2,9,13-16H2,(H,31,35). The third-order valence-corrected chi connectivity index (χ3v) is 7.85. The van der Waals surface area contributed by atoms with Crippen molar-refractivity contribution in [3.05, 3.63) is 81.1 Å². The monoisotopic (exact) mass is 593 g/mol. The number of nitrogens with zero attached hydrogens (tertiary/aromatic N) is 2. The molecule has 2 aliphatic rings. The molecule has 0 radical (unpaired) electrons. The first-order valence-electron chi connectivity index (χ1n) is 12.9. The van der Waals surface area contributed by atoms with Gasteiger partial charge in [0.15, 0.2) is 33.9 Å². The molecule has 1 amide bonds. The highest BCUT2D eigenvalue weighted by Gasteiger charge is 2.20. The molecule has 0 atom stereocenters. The molecule has 0 spiro atoms. The number of ketones is 1. The van der Waals surface area contributed by atoms with Crippen molar-refractivity contribution >= 4 is 46.0 Å². The van der Waals surface area contributed by atoms with Crippen molar-refractivity contribution in [2.75, 3.05) is 19.3 Å². The lowest BCUT2D eigenvalue weighted by atomic mass is 10.1. The largest absolute Gasteiger partial charge is 0.454 e. The molecule has 0 unspecified atom stereocenters. The molecule has 1 aromatic heterocycles. The number of nitrogens with one attached hydrogen (secondary N) is 1. The molecule has 0 fully saturated rings. The first-order valence-corrected chi connectivity index (χ1v) is 14.2. The maximum absolute atomic E-state index is 13.6. The SMILES string of the molecule is O=C(CCCn1c(SCC(=O)c2ccc(Cl)cc2)nc2cc3c(cc2c1=O)OCO3)NCc1ccc2c(c1)OCO2. The van der Waals surface area contributed by atoms with Gasteiger partial charge in [0.1, 0.15) is 0 Å². The maximum Gasteiger partial charge on any atom is 0.262 e. The quantitative estimate of drug-likeness (QED) is 0.160. The zero-order valence-corrected chi connectivity index (χ0v) is 23.3. The molecule has 6 rings (SSSR count). The van der Waals surface area contributed by atoms with Gasteiger partial charge in [-0.3, -0.25) is 19.0 Å². The number of rotatable bonds is 10. The maximum atomic E-state index is 13.6. The van der Waals surface area contributed by atoms with E-state index in [4.69, 9.17) is 30.5 Å². The fraction of sp³-hybridized carbons (Fsp3) is 0.241. The molecular formula is C29H24ClN3O7S. The van der Waals surface area contributed by atoms with Gasteiger partial charge in [-0.15, -0.1) is 0 Å². The minimum atomic E-state index is -0.282. The molecule has 10 nitrogen and oxygen atoms in total. The number of aromatic nitrogens is 2.